The summed E-state index contributed by atoms with van der Waals surface area (Å²) in [6.07, 6.45) is 5.66. The fraction of sp³-hybridized carbons (Fsp3) is 0.0526. The topological polar surface area (TPSA) is 39.4 Å². The van der Waals surface area contributed by atoms with Gasteiger partial charge in [-0.15, -0.1) is 0 Å². The van der Waals surface area contributed by atoms with E-state index in [4.69, 9.17) is 4.74 Å². The molecule has 4 aromatic rings. The van der Waals surface area contributed by atoms with Crippen molar-refractivity contribution in [2.24, 2.45) is 0 Å². The number of nitrogens with zero attached hydrogens (tertiary/aromatic N) is 3. The van der Waals surface area contributed by atoms with Gasteiger partial charge in [0.1, 0.15) is 11.6 Å². The molecule has 0 saturated carbocycles. The lowest BCUT2D eigenvalue weighted by Gasteiger charge is -2.10. The summed E-state index contributed by atoms with van der Waals surface area (Å²) in [5.41, 5.74) is 3.93. The molecule has 0 fully saturated rings. The monoisotopic (exact) mass is 301 g/mol. The van der Waals surface area contributed by atoms with Gasteiger partial charge in [-0.25, -0.2) is 4.98 Å². The first-order chi connectivity index (χ1) is 11.4. The number of aromatic nitrogens is 3. The Morgan fingerprint density at radius 2 is 1.87 bits per heavy atom. The molecule has 4 rings (SSSR count). The number of pyridine rings is 2. The number of benzene rings is 1. The minimum Gasteiger partial charge on any atom is -0.496 e. The maximum atomic E-state index is 5.57. The Labute approximate surface area is 134 Å². The Balaban J connectivity index is 1.85. The highest BCUT2D eigenvalue weighted by atomic mass is 16.5. The Kier molecular flexibility index (Phi) is 3.27. The lowest BCUT2D eigenvalue weighted by atomic mass is 10.1. The van der Waals surface area contributed by atoms with Crippen LogP contribution < -0.4 is 4.74 Å². The second kappa shape index (κ2) is 5.57. The molecular formula is C19H15N3O. The first-order valence-electron chi connectivity index (χ1n) is 7.39. The summed E-state index contributed by atoms with van der Waals surface area (Å²) in [6, 6.07) is 18.0. The molecule has 3 heterocycles. The van der Waals surface area contributed by atoms with Crippen molar-refractivity contribution in [1.82, 2.24) is 14.4 Å². The summed E-state index contributed by atoms with van der Waals surface area (Å²) in [7, 11) is 1.68. The molecule has 112 valence electrons. The van der Waals surface area contributed by atoms with E-state index in [1.54, 1.807) is 13.3 Å². The van der Waals surface area contributed by atoms with Crippen LogP contribution in [-0.2, 0) is 0 Å². The molecule has 0 amide bonds. The van der Waals surface area contributed by atoms with Gasteiger partial charge in [0.15, 0.2) is 0 Å². The van der Waals surface area contributed by atoms with E-state index in [2.05, 4.69) is 14.4 Å². The number of ether oxygens (including phenoxy) is 1. The average molecular weight is 301 g/mol. The number of fused-ring (bicyclic) bond motifs is 1. The quantitative estimate of drug-likeness (QED) is 0.572. The Morgan fingerprint density at radius 3 is 2.70 bits per heavy atom. The third-order valence-electron chi connectivity index (χ3n) is 3.84. The van der Waals surface area contributed by atoms with Gasteiger partial charge in [0.2, 0.25) is 0 Å². The standard InChI is InChI=1S/C19H15N3O/c1-23-18-12-14(8-9-16(18)17-7-2-4-10-20-17)19-21-13-15-6-3-5-11-22(15)19/h2-13H,1H3. The lowest BCUT2D eigenvalue weighted by Crippen LogP contribution is -1.93. The molecule has 0 unspecified atom stereocenters. The van der Waals surface area contributed by atoms with Crippen LogP contribution in [0.15, 0.2) is 73.2 Å². The van der Waals surface area contributed by atoms with Crippen molar-refractivity contribution in [3.63, 3.8) is 0 Å². The van der Waals surface area contributed by atoms with E-state index in [9.17, 15) is 0 Å². The molecule has 0 aliphatic rings. The number of imidazole rings is 1. The van der Waals surface area contributed by atoms with Crippen molar-refractivity contribution in [1.29, 1.82) is 0 Å². The van der Waals surface area contributed by atoms with E-state index in [1.165, 1.54) is 0 Å². The molecule has 0 radical (unpaired) electrons. The van der Waals surface area contributed by atoms with Crippen LogP contribution in [0, 0.1) is 0 Å². The van der Waals surface area contributed by atoms with Crippen LogP contribution in [0.3, 0.4) is 0 Å². The Hall–Kier alpha value is -3.14. The molecule has 4 nitrogen and oxygen atoms in total. The van der Waals surface area contributed by atoms with Crippen molar-refractivity contribution < 1.29 is 4.74 Å². The summed E-state index contributed by atoms with van der Waals surface area (Å²) >= 11 is 0. The number of hydrogen-bond acceptors (Lipinski definition) is 3. The summed E-state index contributed by atoms with van der Waals surface area (Å²) in [5, 5.41) is 0. The summed E-state index contributed by atoms with van der Waals surface area (Å²) in [4.78, 5) is 8.93. The molecule has 0 atom stereocenters. The molecular weight excluding hydrogens is 286 g/mol. The fourth-order valence-electron chi connectivity index (χ4n) is 2.72. The van der Waals surface area contributed by atoms with Gasteiger partial charge < -0.3 is 4.74 Å². The molecule has 3 aromatic heterocycles. The van der Waals surface area contributed by atoms with Crippen molar-refractivity contribution >= 4 is 5.52 Å². The zero-order chi connectivity index (χ0) is 15.6. The number of rotatable bonds is 3. The zero-order valence-electron chi connectivity index (χ0n) is 12.7. The van der Waals surface area contributed by atoms with Gasteiger partial charge in [0.05, 0.1) is 24.5 Å². The first kappa shape index (κ1) is 13.5. The Morgan fingerprint density at radius 1 is 0.957 bits per heavy atom. The SMILES string of the molecule is COc1cc(-c2ncc3ccccn23)ccc1-c1ccccn1. The second-order valence-corrected chi connectivity index (χ2v) is 5.21. The minimum absolute atomic E-state index is 0.786. The minimum atomic E-state index is 0.786. The summed E-state index contributed by atoms with van der Waals surface area (Å²) < 4.78 is 7.64. The van der Waals surface area contributed by atoms with Gasteiger partial charge in [-0.05, 0) is 36.4 Å². The van der Waals surface area contributed by atoms with Crippen LogP contribution in [0.1, 0.15) is 0 Å². The second-order valence-electron chi connectivity index (χ2n) is 5.21. The van der Waals surface area contributed by atoms with Gasteiger partial charge >= 0.3 is 0 Å². The van der Waals surface area contributed by atoms with Crippen LogP contribution in [0.5, 0.6) is 5.75 Å². The highest BCUT2D eigenvalue weighted by molar-refractivity contribution is 5.73. The largest absolute Gasteiger partial charge is 0.496 e. The maximum absolute atomic E-state index is 5.57. The third-order valence-corrected chi connectivity index (χ3v) is 3.84. The molecule has 0 bridgehead atoms. The number of hydrogen-bond donors (Lipinski definition) is 0. The molecule has 0 spiro atoms. The molecule has 1 aromatic carbocycles. The third kappa shape index (κ3) is 2.34. The van der Waals surface area contributed by atoms with Gasteiger partial charge in [0.25, 0.3) is 0 Å². The smallest absolute Gasteiger partial charge is 0.144 e. The van der Waals surface area contributed by atoms with Crippen molar-refractivity contribution in [2.75, 3.05) is 7.11 Å². The molecule has 0 aliphatic heterocycles. The fourth-order valence-corrected chi connectivity index (χ4v) is 2.72. The van der Waals surface area contributed by atoms with Crippen LogP contribution >= 0.6 is 0 Å². The van der Waals surface area contributed by atoms with E-state index < -0.39 is 0 Å². The summed E-state index contributed by atoms with van der Waals surface area (Å²) in [6.45, 7) is 0. The van der Waals surface area contributed by atoms with E-state index in [0.717, 1.165) is 33.9 Å². The molecule has 4 heteroatoms. The predicted molar refractivity (Wildman–Crippen MR) is 90.4 cm³/mol. The zero-order valence-corrected chi connectivity index (χ0v) is 12.7. The number of methoxy groups -OCH3 is 1. The maximum Gasteiger partial charge on any atom is 0.144 e. The van der Waals surface area contributed by atoms with Gasteiger partial charge in [0, 0.05) is 23.5 Å². The van der Waals surface area contributed by atoms with E-state index >= 15 is 0 Å². The van der Waals surface area contributed by atoms with Gasteiger partial charge in [-0.1, -0.05) is 18.2 Å². The van der Waals surface area contributed by atoms with Crippen molar-refractivity contribution in [2.45, 2.75) is 0 Å². The Bertz CT molecular complexity index is 961. The normalized spacial score (nSPS) is 10.8. The first-order valence-corrected chi connectivity index (χ1v) is 7.39. The van der Waals surface area contributed by atoms with E-state index in [-0.39, 0.29) is 0 Å². The van der Waals surface area contributed by atoms with Crippen LogP contribution in [-0.4, -0.2) is 21.5 Å². The van der Waals surface area contributed by atoms with Crippen LogP contribution in [0.2, 0.25) is 0 Å². The van der Waals surface area contributed by atoms with Crippen molar-refractivity contribution in [3.8, 4) is 28.4 Å². The summed E-state index contributed by atoms with van der Waals surface area (Å²) in [5.74, 6) is 1.68. The van der Waals surface area contributed by atoms with Crippen molar-refractivity contribution in [3.05, 3.63) is 73.2 Å². The van der Waals surface area contributed by atoms with Crippen LogP contribution in [0.25, 0.3) is 28.2 Å². The van der Waals surface area contributed by atoms with Crippen LogP contribution in [0.4, 0.5) is 0 Å². The van der Waals surface area contributed by atoms with Gasteiger partial charge in [-0.2, -0.15) is 0 Å². The highest BCUT2D eigenvalue weighted by Gasteiger charge is 2.11. The van der Waals surface area contributed by atoms with E-state index in [0.29, 0.717) is 0 Å². The molecule has 0 aliphatic carbocycles. The average Bonchev–Trinajstić information content (AvgIpc) is 3.06. The highest BCUT2D eigenvalue weighted by Crippen LogP contribution is 2.32. The molecule has 0 saturated heterocycles. The van der Waals surface area contributed by atoms with E-state index in [1.807, 2.05) is 67.0 Å². The predicted octanol–water partition coefficient (Wildman–Crippen LogP) is 4.07. The van der Waals surface area contributed by atoms with Gasteiger partial charge in [-0.3, -0.25) is 9.38 Å². The lowest BCUT2D eigenvalue weighted by molar-refractivity contribution is 0.416. The molecule has 0 N–H and O–H groups in total. The molecule has 23 heavy (non-hydrogen) atoms.